The van der Waals surface area contributed by atoms with E-state index in [1.54, 1.807) is 0 Å². The SMILES string of the molecule is O=C(Cc1ccc2c(c1)CCO2)NC1CCCCCCC1. The molecule has 1 amide bonds. The predicted molar refractivity (Wildman–Crippen MR) is 83.6 cm³/mol. The Hall–Kier alpha value is -1.51. The van der Waals surface area contributed by atoms with Gasteiger partial charge in [-0.2, -0.15) is 0 Å². The van der Waals surface area contributed by atoms with Crippen molar-refractivity contribution in [1.29, 1.82) is 0 Å². The molecule has 0 saturated heterocycles. The van der Waals surface area contributed by atoms with Crippen molar-refractivity contribution in [2.75, 3.05) is 6.61 Å². The highest BCUT2D eigenvalue weighted by atomic mass is 16.5. The van der Waals surface area contributed by atoms with Crippen LogP contribution in [0.5, 0.6) is 5.75 Å². The van der Waals surface area contributed by atoms with Crippen molar-refractivity contribution in [3.63, 3.8) is 0 Å². The molecule has 1 aliphatic heterocycles. The number of hydrogen-bond donors (Lipinski definition) is 1. The Morgan fingerprint density at radius 3 is 2.71 bits per heavy atom. The lowest BCUT2D eigenvalue weighted by molar-refractivity contribution is -0.121. The van der Waals surface area contributed by atoms with Crippen molar-refractivity contribution >= 4 is 5.91 Å². The van der Waals surface area contributed by atoms with E-state index in [-0.39, 0.29) is 5.91 Å². The van der Waals surface area contributed by atoms with E-state index < -0.39 is 0 Å². The molecule has 0 aromatic heterocycles. The summed E-state index contributed by atoms with van der Waals surface area (Å²) in [5.74, 6) is 1.15. The zero-order valence-electron chi connectivity index (χ0n) is 12.7. The minimum atomic E-state index is 0.166. The first-order valence-electron chi connectivity index (χ1n) is 8.35. The van der Waals surface area contributed by atoms with E-state index in [4.69, 9.17) is 4.74 Å². The van der Waals surface area contributed by atoms with Gasteiger partial charge in [0, 0.05) is 12.5 Å². The molecule has 3 heteroatoms. The molecule has 21 heavy (non-hydrogen) atoms. The van der Waals surface area contributed by atoms with Gasteiger partial charge in [-0.15, -0.1) is 0 Å². The van der Waals surface area contributed by atoms with E-state index in [1.807, 2.05) is 12.1 Å². The number of carbonyl (C=O) groups is 1. The van der Waals surface area contributed by atoms with Gasteiger partial charge in [-0.3, -0.25) is 4.79 Å². The van der Waals surface area contributed by atoms with Crippen LogP contribution in [0.15, 0.2) is 18.2 Å². The fraction of sp³-hybridized carbons (Fsp3) is 0.611. The molecular weight excluding hydrogens is 262 g/mol. The molecule has 1 aromatic rings. The van der Waals surface area contributed by atoms with Crippen molar-refractivity contribution < 1.29 is 9.53 Å². The van der Waals surface area contributed by atoms with Crippen LogP contribution in [0.25, 0.3) is 0 Å². The summed E-state index contributed by atoms with van der Waals surface area (Å²) in [4.78, 5) is 12.2. The molecule has 3 nitrogen and oxygen atoms in total. The maximum Gasteiger partial charge on any atom is 0.224 e. The summed E-state index contributed by atoms with van der Waals surface area (Å²) in [6, 6.07) is 6.53. The quantitative estimate of drug-likeness (QED) is 0.925. The summed E-state index contributed by atoms with van der Waals surface area (Å²) in [5, 5.41) is 3.23. The lowest BCUT2D eigenvalue weighted by atomic mass is 9.96. The Labute approximate surface area is 127 Å². The van der Waals surface area contributed by atoms with E-state index in [0.29, 0.717) is 12.5 Å². The molecule has 3 rings (SSSR count). The van der Waals surface area contributed by atoms with Crippen molar-refractivity contribution in [2.24, 2.45) is 0 Å². The van der Waals surface area contributed by atoms with Gasteiger partial charge in [-0.1, -0.05) is 44.2 Å². The molecule has 1 aromatic carbocycles. The highest BCUT2D eigenvalue weighted by molar-refractivity contribution is 5.79. The molecule has 0 atom stereocenters. The highest BCUT2D eigenvalue weighted by Gasteiger charge is 2.16. The minimum absolute atomic E-state index is 0.166. The summed E-state index contributed by atoms with van der Waals surface area (Å²) in [7, 11) is 0. The van der Waals surface area contributed by atoms with Gasteiger partial charge in [-0.05, 0) is 30.0 Å². The predicted octanol–water partition coefficient (Wildman–Crippen LogP) is 3.39. The highest BCUT2D eigenvalue weighted by Crippen LogP contribution is 2.26. The third-order valence-corrected chi connectivity index (χ3v) is 4.59. The number of benzene rings is 1. The topological polar surface area (TPSA) is 38.3 Å². The Balaban J connectivity index is 1.53. The summed E-state index contributed by atoms with van der Waals surface area (Å²) < 4.78 is 5.51. The molecule has 1 N–H and O–H groups in total. The van der Waals surface area contributed by atoms with Crippen LogP contribution in [-0.2, 0) is 17.6 Å². The zero-order valence-corrected chi connectivity index (χ0v) is 12.7. The van der Waals surface area contributed by atoms with Crippen molar-refractivity contribution in [2.45, 2.75) is 63.8 Å². The summed E-state index contributed by atoms with van der Waals surface area (Å²) in [5.41, 5.74) is 2.34. The number of amides is 1. The normalized spacial score (nSPS) is 19.2. The second-order valence-electron chi connectivity index (χ2n) is 6.33. The monoisotopic (exact) mass is 287 g/mol. The molecule has 1 aliphatic carbocycles. The van der Waals surface area contributed by atoms with Crippen LogP contribution in [0.4, 0.5) is 0 Å². The molecular formula is C18H25NO2. The average Bonchev–Trinajstić information content (AvgIpc) is 2.89. The Morgan fingerprint density at radius 1 is 1.14 bits per heavy atom. The molecule has 114 valence electrons. The third-order valence-electron chi connectivity index (χ3n) is 4.59. The van der Waals surface area contributed by atoms with Gasteiger partial charge < -0.3 is 10.1 Å². The molecule has 0 bridgehead atoms. The maximum atomic E-state index is 12.2. The van der Waals surface area contributed by atoms with Crippen LogP contribution in [0, 0.1) is 0 Å². The van der Waals surface area contributed by atoms with Crippen molar-refractivity contribution in [3.8, 4) is 5.75 Å². The lowest BCUT2D eigenvalue weighted by Gasteiger charge is -2.21. The number of rotatable bonds is 3. The number of fused-ring (bicyclic) bond motifs is 1. The van der Waals surface area contributed by atoms with Crippen molar-refractivity contribution in [1.82, 2.24) is 5.32 Å². The number of ether oxygens (including phenoxy) is 1. The van der Waals surface area contributed by atoms with Gasteiger partial charge in [-0.25, -0.2) is 0 Å². The lowest BCUT2D eigenvalue weighted by Crippen LogP contribution is -2.36. The third kappa shape index (κ3) is 3.99. The van der Waals surface area contributed by atoms with E-state index in [9.17, 15) is 4.79 Å². The van der Waals surface area contributed by atoms with Gasteiger partial charge in [0.2, 0.25) is 5.91 Å². The second kappa shape index (κ2) is 6.97. The van der Waals surface area contributed by atoms with Gasteiger partial charge in [0.1, 0.15) is 5.75 Å². The fourth-order valence-electron chi connectivity index (χ4n) is 3.41. The van der Waals surface area contributed by atoms with Crippen LogP contribution < -0.4 is 10.1 Å². The molecule has 0 radical (unpaired) electrons. The largest absolute Gasteiger partial charge is 0.493 e. The fourth-order valence-corrected chi connectivity index (χ4v) is 3.41. The average molecular weight is 287 g/mol. The smallest absolute Gasteiger partial charge is 0.224 e. The van der Waals surface area contributed by atoms with Gasteiger partial charge >= 0.3 is 0 Å². The molecule has 1 heterocycles. The second-order valence-corrected chi connectivity index (χ2v) is 6.33. The number of nitrogens with one attached hydrogen (secondary N) is 1. The molecule has 1 fully saturated rings. The van der Waals surface area contributed by atoms with E-state index in [2.05, 4.69) is 11.4 Å². The Bertz CT molecular complexity index is 490. The van der Waals surface area contributed by atoms with E-state index in [1.165, 1.54) is 37.7 Å². The molecule has 0 unspecified atom stereocenters. The molecule has 0 spiro atoms. The van der Waals surface area contributed by atoms with Crippen molar-refractivity contribution in [3.05, 3.63) is 29.3 Å². The minimum Gasteiger partial charge on any atom is -0.493 e. The molecule has 2 aliphatic rings. The number of hydrogen-bond acceptors (Lipinski definition) is 2. The first-order valence-corrected chi connectivity index (χ1v) is 8.35. The maximum absolute atomic E-state index is 12.2. The summed E-state index contributed by atoms with van der Waals surface area (Å²) in [6.45, 7) is 0.771. The van der Waals surface area contributed by atoms with Gasteiger partial charge in [0.05, 0.1) is 13.0 Å². The van der Waals surface area contributed by atoms with Gasteiger partial charge in [0.15, 0.2) is 0 Å². The van der Waals surface area contributed by atoms with Crippen LogP contribution in [0.2, 0.25) is 0 Å². The Kier molecular flexibility index (Phi) is 4.79. The van der Waals surface area contributed by atoms with Crippen LogP contribution >= 0.6 is 0 Å². The summed E-state index contributed by atoms with van der Waals surface area (Å²) in [6.07, 6.45) is 10.2. The standard InChI is InChI=1S/C18H25NO2/c20-18(19-16-6-4-2-1-3-5-7-16)13-14-8-9-17-15(12-14)10-11-21-17/h8-9,12,16H,1-7,10-11,13H2,(H,19,20). The zero-order chi connectivity index (χ0) is 14.5. The first-order chi connectivity index (χ1) is 10.3. The molecule has 1 saturated carbocycles. The summed E-state index contributed by atoms with van der Waals surface area (Å²) >= 11 is 0. The van der Waals surface area contributed by atoms with E-state index in [0.717, 1.165) is 37.2 Å². The van der Waals surface area contributed by atoms with Crippen LogP contribution in [0.1, 0.15) is 56.1 Å². The number of carbonyl (C=O) groups excluding carboxylic acids is 1. The first kappa shape index (κ1) is 14.4. The Morgan fingerprint density at radius 2 is 1.90 bits per heavy atom. The van der Waals surface area contributed by atoms with Crippen LogP contribution in [0.3, 0.4) is 0 Å². The van der Waals surface area contributed by atoms with E-state index >= 15 is 0 Å². The van der Waals surface area contributed by atoms with Gasteiger partial charge in [0.25, 0.3) is 0 Å². The van der Waals surface area contributed by atoms with Crippen LogP contribution in [-0.4, -0.2) is 18.6 Å².